The lowest BCUT2D eigenvalue weighted by atomic mass is 10.0. The topological polar surface area (TPSA) is 75.2 Å². The number of halogens is 1. The van der Waals surface area contributed by atoms with Crippen molar-refractivity contribution in [2.24, 2.45) is 0 Å². The highest BCUT2D eigenvalue weighted by atomic mass is 35.5. The van der Waals surface area contributed by atoms with Crippen molar-refractivity contribution in [1.29, 1.82) is 0 Å². The summed E-state index contributed by atoms with van der Waals surface area (Å²) in [7, 11) is 0. The Morgan fingerprint density at radius 1 is 1.03 bits per heavy atom. The zero-order valence-electron chi connectivity index (χ0n) is 17.7. The lowest BCUT2D eigenvalue weighted by molar-refractivity contribution is 0.0698. The second kappa shape index (κ2) is 9.29. The summed E-state index contributed by atoms with van der Waals surface area (Å²) in [5, 5.41) is 3.98. The van der Waals surface area contributed by atoms with Gasteiger partial charge < -0.3 is 10.2 Å². The molecule has 0 aliphatic carbocycles. The van der Waals surface area contributed by atoms with Crippen LogP contribution in [0.25, 0.3) is 21.5 Å². The number of nitrogens with one attached hydrogen (secondary N) is 1. The molecule has 4 aromatic rings. The number of carbonyl (C=O) groups excluding carboxylic acids is 2. The third kappa shape index (κ3) is 4.60. The second-order valence-electron chi connectivity index (χ2n) is 7.95. The maximum Gasteiger partial charge on any atom is 0.253 e. The zero-order chi connectivity index (χ0) is 22.8. The Morgan fingerprint density at radius 2 is 1.79 bits per heavy atom. The molecule has 1 aliphatic heterocycles. The highest BCUT2D eigenvalue weighted by Gasteiger charge is 2.25. The second-order valence-corrected chi connectivity index (χ2v) is 9.67. The third-order valence-electron chi connectivity index (χ3n) is 5.83. The van der Waals surface area contributed by atoms with E-state index in [0.717, 1.165) is 21.5 Å². The van der Waals surface area contributed by atoms with Crippen LogP contribution in [-0.2, 0) is 0 Å². The molecular formula is C25H21ClN4O2S. The molecule has 1 fully saturated rings. The van der Waals surface area contributed by atoms with E-state index in [0.29, 0.717) is 41.4 Å². The Labute approximate surface area is 200 Å². The molecule has 0 saturated carbocycles. The van der Waals surface area contributed by atoms with Gasteiger partial charge in [0.15, 0.2) is 0 Å². The van der Waals surface area contributed by atoms with Gasteiger partial charge >= 0.3 is 0 Å². The van der Waals surface area contributed by atoms with Gasteiger partial charge in [-0.15, -0.1) is 11.3 Å². The molecule has 1 saturated heterocycles. The van der Waals surface area contributed by atoms with Crippen LogP contribution in [0.15, 0.2) is 67.0 Å². The minimum absolute atomic E-state index is 0.00144. The SMILES string of the molecule is O=C(NC1CCN(C(=O)c2ccncc2)CC1)c1cc(-c2ccc(Cl)s2)nc2ccccc12. The minimum Gasteiger partial charge on any atom is -0.349 e. The summed E-state index contributed by atoms with van der Waals surface area (Å²) in [5.74, 6) is -0.127. The van der Waals surface area contributed by atoms with Gasteiger partial charge in [-0.1, -0.05) is 29.8 Å². The molecular weight excluding hydrogens is 456 g/mol. The molecule has 0 radical (unpaired) electrons. The van der Waals surface area contributed by atoms with Crippen LogP contribution >= 0.6 is 22.9 Å². The smallest absolute Gasteiger partial charge is 0.253 e. The molecule has 0 unspecified atom stereocenters. The van der Waals surface area contributed by atoms with Gasteiger partial charge in [0.05, 0.1) is 26.0 Å². The normalized spacial score (nSPS) is 14.4. The van der Waals surface area contributed by atoms with Gasteiger partial charge in [-0.05, 0) is 49.2 Å². The standard InChI is InChI=1S/C25H21ClN4O2S/c26-23-6-5-22(33-23)21-15-19(18-3-1-2-4-20(18)29-21)24(31)28-17-9-13-30(14-10-17)25(32)16-7-11-27-12-8-16/h1-8,11-12,15,17H,9-10,13-14H2,(H,28,31). The van der Waals surface area contributed by atoms with Crippen molar-refractivity contribution < 1.29 is 9.59 Å². The summed E-state index contributed by atoms with van der Waals surface area (Å²) in [6.45, 7) is 1.20. The fourth-order valence-corrected chi connectivity index (χ4v) is 5.11. The van der Waals surface area contributed by atoms with E-state index >= 15 is 0 Å². The van der Waals surface area contributed by atoms with Crippen molar-refractivity contribution in [3.63, 3.8) is 0 Å². The summed E-state index contributed by atoms with van der Waals surface area (Å²) in [5.41, 5.74) is 2.73. The molecule has 33 heavy (non-hydrogen) atoms. The van der Waals surface area contributed by atoms with Crippen LogP contribution in [0.3, 0.4) is 0 Å². The lowest BCUT2D eigenvalue weighted by Gasteiger charge is -2.32. The van der Waals surface area contributed by atoms with Gasteiger partial charge in [0.1, 0.15) is 0 Å². The average Bonchev–Trinajstić information content (AvgIpc) is 3.30. The number of thiophene rings is 1. The molecule has 3 aromatic heterocycles. The van der Waals surface area contributed by atoms with Crippen LogP contribution in [0.2, 0.25) is 4.34 Å². The lowest BCUT2D eigenvalue weighted by Crippen LogP contribution is -2.46. The third-order valence-corrected chi connectivity index (χ3v) is 7.08. The largest absolute Gasteiger partial charge is 0.349 e. The van der Waals surface area contributed by atoms with Gasteiger partial charge in [-0.3, -0.25) is 14.6 Å². The summed E-state index contributed by atoms with van der Waals surface area (Å²) in [4.78, 5) is 37.4. The van der Waals surface area contributed by atoms with E-state index in [1.165, 1.54) is 11.3 Å². The number of para-hydroxylation sites is 1. The molecule has 2 amide bonds. The number of aromatic nitrogens is 2. The molecule has 0 atom stereocenters. The maximum atomic E-state index is 13.3. The molecule has 0 spiro atoms. The van der Waals surface area contributed by atoms with Crippen LogP contribution < -0.4 is 5.32 Å². The van der Waals surface area contributed by atoms with Gasteiger partial charge in [-0.2, -0.15) is 0 Å². The number of hydrogen-bond acceptors (Lipinski definition) is 5. The van der Waals surface area contributed by atoms with E-state index in [1.54, 1.807) is 24.5 Å². The molecule has 166 valence electrons. The Hall–Kier alpha value is -3.29. The van der Waals surface area contributed by atoms with Crippen molar-refractivity contribution in [1.82, 2.24) is 20.2 Å². The van der Waals surface area contributed by atoms with E-state index in [9.17, 15) is 9.59 Å². The number of nitrogens with zero attached hydrogens (tertiary/aromatic N) is 3. The monoisotopic (exact) mass is 476 g/mol. The van der Waals surface area contributed by atoms with Gasteiger partial charge in [0, 0.05) is 42.5 Å². The van der Waals surface area contributed by atoms with Crippen LogP contribution in [0.1, 0.15) is 33.6 Å². The molecule has 1 N–H and O–H groups in total. The van der Waals surface area contributed by atoms with Crippen LogP contribution in [0.5, 0.6) is 0 Å². The van der Waals surface area contributed by atoms with E-state index in [1.807, 2.05) is 47.4 Å². The van der Waals surface area contributed by atoms with Crippen molar-refractivity contribution in [2.75, 3.05) is 13.1 Å². The number of amides is 2. The first kappa shape index (κ1) is 21.6. The fourth-order valence-electron chi connectivity index (χ4n) is 4.11. The predicted octanol–water partition coefficient (Wildman–Crippen LogP) is 5.05. The number of likely N-dealkylation sites (tertiary alicyclic amines) is 1. The summed E-state index contributed by atoms with van der Waals surface area (Å²) in [6, 6.07) is 16.7. The first-order valence-corrected chi connectivity index (χ1v) is 11.9. The number of pyridine rings is 2. The van der Waals surface area contributed by atoms with Gasteiger partial charge in [-0.25, -0.2) is 4.98 Å². The Kier molecular flexibility index (Phi) is 6.07. The minimum atomic E-state index is -0.128. The van der Waals surface area contributed by atoms with Crippen molar-refractivity contribution in [3.8, 4) is 10.6 Å². The van der Waals surface area contributed by atoms with Crippen LogP contribution in [0, 0.1) is 0 Å². The number of fused-ring (bicyclic) bond motifs is 1. The quantitative estimate of drug-likeness (QED) is 0.447. The molecule has 5 rings (SSSR count). The van der Waals surface area contributed by atoms with Crippen molar-refractivity contribution in [2.45, 2.75) is 18.9 Å². The van der Waals surface area contributed by atoms with E-state index in [2.05, 4.69) is 10.3 Å². The Balaban J connectivity index is 1.32. The highest BCUT2D eigenvalue weighted by Crippen LogP contribution is 2.32. The summed E-state index contributed by atoms with van der Waals surface area (Å²) in [6.07, 6.45) is 4.66. The van der Waals surface area contributed by atoms with E-state index in [4.69, 9.17) is 16.6 Å². The maximum absolute atomic E-state index is 13.3. The first-order chi connectivity index (χ1) is 16.1. The Bertz CT molecular complexity index is 1320. The number of benzene rings is 1. The molecule has 8 heteroatoms. The number of piperidine rings is 1. The summed E-state index contributed by atoms with van der Waals surface area (Å²) < 4.78 is 0.680. The first-order valence-electron chi connectivity index (χ1n) is 10.7. The highest BCUT2D eigenvalue weighted by molar-refractivity contribution is 7.19. The van der Waals surface area contributed by atoms with Gasteiger partial charge in [0.25, 0.3) is 11.8 Å². The van der Waals surface area contributed by atoms with Crippen molar-refractivity contribution in [3.05, 3.63) is 82.5 Å². The van der Waals surface area contributed by atoms with Crippen LogP contribution in [-0.4, -0.2) is 45.8 Å². The van der Waals surface area contributed by atoms with Crippen LogP contribution in [0.4, 0.5) is 0 Å². The predicted molar refractivity (Wildman–Crippen MR) is 131 cm³/mol. The molecule has 1 aromatic carbocycles. The molecule has 1 aliphatic rings. The van der Waals surface area contributed by atoms with E-state index in [-0.39, 0.29) is 17.9 Å². The number of hydrogen-bond donors (Lipinski definition) is 1. The van der Waals surface area contributed by atoms with Crippen molar-refractivity contribution >= 4 is 45.7 Å². The Morgan fingerprint density at radius 3 is 2.52 bits per heavy atom. The molecule has 4 heterocycles. The fraction of sp³-hybridized carbons (Fsp3) is 0.200. The van der Waals surface area contributed by atoms with E-state index < -0.39 is 0 Å². The zero-order valence-corrected chi connectivity index (χ0v) is 19.3. The number of carbonyl (C=O) groups is 2. The summed E-state index contributed by atoms with van der Waals surface area (Å²) >= 11 is 7.55. The molecule has 6 nitrogen and oxygen atoms in total. The number of rotatable bonds is 4. The molecule has 0 bridgehead atoms. The average molecular weight is 477 g/mol. The van der Waals surface area contributed by atoms with Gasteiger partial charge in [0.2, 0.25) is 0 Å².